The summed E-state index contributed by atoms with van der Waals surface area (Å²) in [4.78, 5) is 17.4. The van der Waals surface area contributed by atoms with Crippen LogP contribution in [0.3, 0.4) is 0 Å². The quantitative estimate of drug-likeness (QED) is 0.811. The van der Waals surface area contributed by atoms with Gasteiger partial charge in [-0.25, -0.2) is 9.64 Å². The first-order valence-electron chi connectivity index (χ1n) is 5.38. The molecular weight excluding hydrogens is 232 g/mol. The van der Waals surface area contributed by atoms with Crippen molar-refractivity contribution in [2.75, 3.05) is 7.11 Å². The fourth-order valence-electron chi connectivity index (χ4n) is 1.88. The maximum absolute atomic E-state index is 10.9. The van der Waals surface area contributed by atoms with Crippen LogP contribution in [0.5, 0.6) is 0 Å². The first kappa shape index (κ1) is 12.1. The first-order chi connectivity index (χ1) is 8.65. The van der Waals surface area contributed by atoms with Crippen LogP contribution in [-0.4, -0.2) is 29.3 Å². The second-order valence-corrected chi connectivity index (χ2v) is 3.92. The molecule has 0 bridgehead atoms. The number of nitrogens with one attached hydrogen (secondary N) is 1. The summed E-state index contributed by atoms with van der Waals surface area (Å²) in [5, 5.41) is 9.83. The highest BCUT2D eigenvalue weighted by atomic mass is 16.5. The minimum atomic E-state index is -0.992. The molecule has 0 saturated carbocycles. The molecule has 0 aliphatic carbocycles. The Balaban J connectivity index is 2.39. The lowest BCUT2D eigenvalue weighted by Gasteiger charge is -2.09. The van der Waals surface area contributed by atoms with Crippen molar-refractivity contribution in [3.05, 3.63) is 41.4 Å². The Morgan fingerprint density at radius 3 is 3.00 bits per heavy atom. The second kappa shape index (κ2) is 4.90. The van der Waals surface area contributed by atoms with Crippen molar-refractivity contribution < 1.29 is 14.6 Å². The smallest absolute Gasteiger partial charge is 0.333 e. The summed E-state index contributed by atoms with van der Waals surface area (Å²) >= 11 is 0. The Morgan fingerprint density at radius 2 is 2.39 bits per heavy atom. The minimum Gasteiger partial charge on any atom is -0.479 e. The minimum absolute atomic E-state index is 0.271. The molecular formula is C13H12N2O3. The van der Waals surface area contributed by atoms with Gasteiger partial charge < -0.3 is 14.8 Å². The molecule has 1 aromatic carbocycles. The van der Waals surface area contributed by atoms with Gasteiger partial charge in [-0.3, -0.25) is 0 Å². The number of aromatic nitrogens is 1. The van der Waals surface area contributed by atoms with E-state index < -0.39 is 12.1 Å². The van der Waals surface area contributed by atoms with Gasteiger partial charge in [-0.15, -0.1) is 0 Å². The number of rotatable bonds is 4. The molecule has 1 heterocycles. The number of ether oxygens (including phenoxy) is 1. The largest absolute Gasteiger partial charge is 0.479 e. The molecule has 0 fully saturated rings. The zero-order valence-electron chi connectivity index (χ0n) is 9.80. The van der Waals surface area contributed by atoms with Crippen molar-refractivity contribution in [3.8, 4) is 0 Å². The van der Waals surface area contributed by atoms with Gasteiger partial charge in [0.25, 0.3) is 0 Å². The summed E-state index contributed by atoms with van der Waals surface area (Å²) in [7, 11) is 1.37. The van der Waals surface area contributed by atoms with E-state index in [1.54, 1.807) is 18.3 Å². The summed E-state index contributed by atoms with van der Waals surface area (Å²) in [6, 6.07) is 5.29. The van der Waals surface area contributed by atoms with Crippen molar-refractivity contribution in [1.29, 1.82) is 0 Å². The van der Waals surface area contributed by atoms with Gasteiger partial charge >= 0.3 is 5.97 Å². The lowest BCUT2D eigenvalue weighted by atomic mass is 10.1. The third-order valence-corrected chi connectivity index (χ3v) is 2.85. The Hall–Kier alpha value is -2.32. The Bertz CT molecular complexity index is 625. The van der Waals surface area contributed by atoms with E-state index in [0.717, 1.165) is 16.5 Å². The summed E-state index contributed by atoms with van der Waals surface area (Å²) in [5.74, 6) is -0.992. The van der Waals surface area contributed by atoms with E-state index in [1.807, 2.05) is 6.07 Å². The number of nitrogens with zero attached hydrogens (tertiary/aromatic N) is 1. The molecule has 92 valence electrons. The topological polar surface area (TPSA) is 66.7 Å². The summed E-state index contributed by atoms with van der Waals surface area (Å²) in [6.07, 6.45) is 1.15. The molecule has 18 heavy (non-hydrogen) atoms. The molecule has 0 saturated heterocycles. The van der Waals surface area contributed by atoms with Gasteiger partial charge in [-0.2, -0.15) is 0 Å². The molecule has 0 amide bonds. The number of aliphatic carboxylic acids is 1. The zero-order valence-corrected chi connectivity index (χ0v) is 9.80. The number of H-pyrrole nitrogens is 1. The summed E-state index contributed by atoms with van der Waals surface area (Å²) in [6.45, 7) is 6.98. The zero-order chi connectivity index (χ0) is 13.1. The van der Waals surface area contributed by atoms with Crippen LogP contribution in [0.2, 0.25) is 0 Å². The average Bonchev–Trinajstić information content (AvgIpc) is 2.77. The van der Waals surface area contributed by atoms with Crippen molar-refractivity contribution in [1.82, 2.24) is 4.98 Å². The van der Waals surface area contributed by atoms with Gasteiger partial charge in [0.1, 0.15) is 0 Å². The molecule has 2 N–H and O–H groups in total. The van der Waals surface area contributed by atoms with E-state index in [-0.39, 0.29) is 6.42 Å². The van der Waals surface area contributed by atoms with Gasteiger partial charge in [0.05, 0.1) is 6.57 Å². The van der Waals surface area contributed by atoms with Crippen molar-refractivity contribution in [2.45, 2.75) is 12.5 Å². The number of benzene rings is 1. The molecule has 2 aromatic rings. The van der Waals surface area contributed by atoms with Crippen LogP contribution in [0.4, 0.5) is 5.69 Å². The van der Waals surface area contributed by atoms with Crippen LogP contribution >= 0.6 is 0 Å². The van der Waals surface area contributed by atoms with Crippen LogP contribution in [0.25, 0.3) is 15.7 Å². The number of methoxy groups -OCH3 is 1. The van der Waals surface area contributed by atoms with E-state index >= 15 is 0 Å². The van der Waals surface area contributed by atoms with Crippen LogP contribution < -0.4 is 0 Å². The maximum atomic E-state index is 10.9. The van der Waals surface area contributed by atoms with E-state index in [9.17, 15) is 4.79 Å². The molecule has 1 aromatic heterocycles. The molecule has 0 aliphatic heterocycles. The molecule has 0 unspecified atom stereocenters. The Morgan fingerprint density at radius 1 is 1.61 bits per heavy atom. The molecule has 2 rings (SSSR count). The number of carboxylic acids is 1. The van der Waals surface area contributed by atoms with Gasteiger partial charge in [0.2, 0.25) is 0 Å². The molecule has 0 aliphatic rings. The standard InChI is InChI=1S/C13H12N2O3/c1-14-9-3-4-11-10(6-9)8(7-15-11)5-12(18-2)13(16)17/h3-4,6-7,12,15H,5H2,2H3,(H,16,17)/t12-/m0/s1. The predicted octanol–water partition coefficient (Wildman–Crippen LogP) is 2.36. The third-order valence-electron chi connectivity index (χ3n) is 2.85. The lowest BCUT2D eigenvalue weighted by molar-refractivity contribution is -0.148. The van der Waals surface area contributed by atoms with Crippen molar-refractivity contribution in [3.63, 3.8) is 0 Å². The summed E-state index contributed by atoms with van der Waals surface area (Å²) < 4.78 is 4.92. The van der Waals surface area contributed by atoms with Crippen molar-refractivity contribution in [2.24, 2.45) is 0 Å². The number of hydrogen-bond donors (Lipinski definition) is 2. The highest BCUT2D eigenvalue weighted by Gasteiger charge is 2.18. The fraction of sp³-hybridized carbons (Fsp3) is 0.231. The molecule has 0 radical (unpaired) electrons. The number of fused-ring (bicyclic) bond motifs is 1. The number of carboxylic acid groups (broad SMARTS) is 1. The maximum Gasteiger partial charge on any atom is 0.333 e. The fourth-order valence-corrected chi connectivity index (χ4v) is 1.88. The Labute approximate surface area is 104 Å². The summed E-state index contributed by atoms with van der Waals surface area (Å²) in [5.41, 5.74) is 2.26. The van der Waals surface area contributed by atoms with Crippen LogP contribution in [0.1, 0.15) is 5.56 Å². The molecule has 0 spiro atoms. The van der Waals surface area contributed by atoms with Gasteiger partial charge in [-0.1, -0.05) is 6.07 Å². The highest BCUT2D eigenvalue weighted by molar-refractivity contribution is 5.87. The van der Waals surface area contributed by atoms with Crippen LogP contribution in [0.15, 0.2) is 24.4 Å². The van der Waals surface area contributed by atoms with Crippen LogP contribution in [0, 0.1) is 6.57 Å². The monoisotopic (exact) mass is 244 g/mol. The second-order valence-electron chi connectivity index (χ2n) is 3.92. The van der Waals surface area contributed by atoms with Gasteiger partial charge in [-0.05, 0) is 23.1 Å². The first-order valence-corrected chi connectivity index (χ1v) is 5.38. The van der Waals surface area contributed by atoms with Gasteiger partial charge in [0.15, 0.2) is 11.8 Å². The molecule has 5 heteroatoms. The SMILES string of the molecule is [C-]#[N+]c1ccc2[nH]cc(C[C@H](OC)C(=O)O)c2c1. The van der Waals surface area contributed by atoms with E-state index in [2.05, 4.69) is 9.83 Å². The molecule has 5 nitrogen and oxygen atoms in total. The van der Waals surface area contributed by atoms with Crippen molar-refractivity contribution >= 4 is 22.6 Å². The predicted molar refractivity (Wildman–Crippen MR) is 66.7 cm³/mol. The normalized spacial score (nSPS) is 12.2. The Kier molecular flexibility index (Phi) is 3.31. The van der Waals surface area contributed by atoms with Gasteiger partial charge in [0, 0.05) is 25.2 Å². The van der Waals surface area contributed by atoms with E-state index in [0.29, 0.717) is 5.69 Å². The molecule has 1 atom stereocenters. The van der Waals surface area contributed by atoms with E-state index in [4.69, 9.17) is 16.4 Å². The number of hydrogen-bond acceptors (Lipinski definition) is 2. The number of carbonyl (C=O) groups is 1. The average molecular weight is 244 g/mol. The van der Waals surface area contributed by atoms with Crippen LogP contribution in [-0.2, 0) is 16.0 Å². The third kappa shape index (κ3) is 2.19. The van der Waals surface area contributed by atoms with E-state index in [1.165, 1.54) is 7.11 Å². The highest BCUT2D eigenvalue weighted by Crippen LogP contribution is 2.25. The number of aromatic amines is 1. The lowest BCUT2D eigenvalue weighted by Crippen LogP contribution is -2.24.